The van der Waals surface area contributed by atoms with Crippen LogP contribution in [0.25, 0.3) is 0 Å². The second-order valence-electron chi connectivity index (χ2n) is 5.50. The summed E-state index contributed by atoms with van der Waals surface area (Å²) in [5, 5.41) is 3.01. The zero-order valence-electron chi connectivity index (χ0n) is 11.7. The minimum absolute atomic E-state index is 0.214. The van der Waals surface area contributed by atoms with Crippen LogP contribution in [0.15, 0.2) is 18.2 Å². The molecule has 0 unspecified atom stereocenters. The van der Waals surface area contributed by atoms with E-state index in [1.165, 1.54) is 12.0 Å². The van der Waals surface area contributed by atoms with E-state index in [1.807, 2.05) is 18.2 Å². The molecule has 0 atom stereocenters. The summed E-state index contributed by atoms with van der Waals surface area (Å²) in [5.74, 6) is 2.12. The van der Waals surface area contributed by atoms with Crippen molar-refractivity contribution in [1.82, 2.24) is 5.32 Å². The molecule has 4 heteroatoms. The normalized spacial score (nSPS) is 18.0. The highest BCUT2D eigenvalue weighted by Gasteiger charge is 2.24. The molecule has 0 spiro atoms. The number of rotatable bonds is 4. The maximum atomic E-state index is 11.7. The molecule has 0 bridgehead atoms. The topological polar surface area (TPSA) is 47.6 Å². The van der Waals surface area contributed by atoms with Crippen LogP contribution in [0.4, 0.5) is 0 Å². The number of ether oxygens (including phenoxy) is 2. The van der Waals surface area contributed by atoms with Gasteiger partial charge >= 0.3 is 0 Å². The molecule has 108 valence electrons. The van der Waals surface area contributed by atoms with Crippen molar-refractivity contribution < 1.29 is 14.3 Å². The highest BCUT2D eigenvalue weighted by Crippen LogP contribution is 2.30. The number of carbonyl (C=O) groups excluding carboxylic acids is 1. The number of hydrogen-bond donors (Lipinski definition) is 1. The summed E-state index contributed by atoms with van der Waals surface area (Å²) in [6.45, 7) is 2.10. The molecule has 1 N–H and O–H groups in total. The molecule has 1 aliphatic carbocycles. The zero-order valence-corrected chi connectivity index (χ0v) is 11.7. The first-order valence-electron chi connectivity index (χ1n) is 7.49. The molecule has 1 aliphatic heterocycles. The number of carbonyl (C=O) groups is 1. The molecule has 2 aliphatic rings. The van der Waals surface area contributed by atoms with Gasteiger partial charge in [-0.1, -0.05) is 12.5 Å². The number of benzene rings is 1. The molecule has 1 aromatic rings. The van der Waals surface area contributed by atoms with Crippen LogP contribution in [0.1, 0.15) is 31.2 Å². The standard InChI is InChI=1S/C16H21NO3/c18-16(13-3-1-4-13)17-8-7-12-5-6-14-15(11-12)20-10-2-9-19-14/h5-6,11,13H,1-4,7-10H2,(H,17,18). The van der Waals surface area contributed by atoms with Gasteiger partial charge in [0.25, 0.3) is 0 Å². The van der Waals surface area contributed by atoms with Crippen LogP contribution in [-0.4, -0.2) is 25.7 Å². The SMILES string of the molecule is O=C(NCCc1ccc2c(c1)OCCCO2)C1CCC1. The summed E-state index contributed by atoms with van der Waals surface area (Å²) in [4.78, 5) is 11.7. The summed E-state index contributed by atoms with van der Waals surface area (Å²) in [6, 6.07) is 6.03. The molecule has 1 saturated carbocycles. The molecule has 1 heterocycles. The molecule has 0 saturated heterocycles. The van der Waals surface area contributed by atoms with Crippen molar-refractivity contribution >= 4 is 5.91 Å². The van der Waals surface area contributed by atoms with E-state index in [9.17, 15) is 4.79 Å². The van der Waals surface area contributed by atoms with E-state index in [1.54, 1.807) is 0 Å². The summed E-state index contributed by atoms with van der Waals surface area (Å²) in [7, 11) is 0. The Morgan fingerprint density at radius 2 is 1.95 bits per heavy atom. The molecule has 1 fully saturated rings. The Hall–Kier alpha value is -1.71. The molecular weight excluding hydrogens is 254 g/mol. The molecule has 20 heavy (non-hydrogen) atoms. The van der Waals surface area contributed by atoms with Crippen molar-refractivity contribution in [2.75, 3.05) is 19.8 Å². The smallest absolute Gasteiger partial charge is 0.223 e. The van der Waals surface area contributed by atoms with Crippen molar-refractivity contribution in [3.63, 3.8) is 0 Å². The predicted molar refractivity (Wildman–Crippen MR) is 76.1 cm³/mol. The fourth-order valence-electron chi connectivity index (χ4n) is 2.51. The molecule has 4 nitrogen and oxygen atoms in total. The van der Waals surface area contributed by atoms with Gasteiger partial charge in [-0.25, -0.2) is 0 Å². The van der Waals surface area contributed by atoms with E-state index in [4.69, 9.17) is 9.47 Å². The van der Waals surface area contributed by atoms with Crippen molar-refractivity contribution in [2.24, 2.45) is 5.92 Å². The van der Waals surface area contributed by atoms with Gasteiger partial charge in [0.1, 0.15) is 0 Å². The third-order valence-electron chi connectivity index (χ3n) is 4.00. The Morgan fingerprint density at radius 1 is 1.15 bits per heavy atom. The monoisotopic (exact) mass is 275 g/mol. The summed E-state index contributed by atoms with van der Waals surface area (Å²) < 4.78 is 11.3. The van der Waals surface area contributed by atoms with Crippen LogP contribution >= 0.6 is 0 Å². The number of amides is 1. The lowest BCUT2D eigenvalue weighted by Gasteiger charge is -2.24. The quantitative estimate of drug-likeness (QED) is 0.917. The average Bonchev–Trinajstić information content (AvgIpc) is 2.61. The van der Waals surface area contributed by atoms with Gasteiger partial charge in [-0.3, -0.25) is 4.79 Å². The van der Waals surface area contributed by atoms with Crippen molar-refractivity contribution in [3.8, 4) is 11.5 Å². The largest absolute Gasteiger partial charge is 0.490 e. The molecule has 0 radical (unpaired) electrons. The summed E-state index contributed by atoms with van der Waals surface area (Å²) in [5.41, 5.74) is 1.17. The van der Waals surface area contributed by atoms with E-state index in [-0.39, 0.29) is 11.8 Å². The Labute approximate surface area is 119 Å². The lowest BCUT2D eigenvalue weighted by molar-refractivity contribution is -0.127. The van der Waals surface area contributed by atoms with E-state index in [0.717, 1.165) is 37.2 Å². The van der Waals surface area contributed by atoms with Crippen LogP contribution in [0, 0.1) is 5.92 Å². The maximum Gasteiger partial charge on any atom is 0.223 e. The molecular formula is C16H21NO3. The average molecular weight is 275 g/mol. The van der Waals surface area contributed by atoms with Gasteiger partial charge in [0.05, 0.1) is 13.2 Å². The van der Waals surface area contributed by atoms with Gasteiger partial charge in [0.2, 0.25) is 5.91 Å². The Balaban J connectivity index is 1.52. The van der Waals surface area contributed by atoms with E-state index in [2.05, 4.69) is 5.32 Å². The fourth-order valence-corrected chi connectivity index (χ4v) is 2.51. The van der Waals surface area contributed by atoms with E-state index >= 15 is 0 Å². The van der Waals surface area contributed by atoms with Gasteiger partial charge < -0.3 is 14.8 Å². The second-order valence-corrected chi connectivity index (χ2v) is 5.50. The third kappa shape index (κ3) is 3.06. The van der Waals surface area contributed by atoms with Crippen LogP contribution in [0.5, 0.6) is 11.5 Å². The van der Waals surface area contributed by atoms with Crippen molar-refractivity contribution in [3.05, 3.63) is 23.8 Å². The maximum absolute atomic E-state index is 11.7. The third-order valence-corrected chi connectivity index (χ3v) is 4.00. The Kier molecular flexibility index (Phi) is 4.09. The first kappa shape index (κ1) is 13.3. The van der Waals surface area contributed by atoms with E-state index in [0.29, 0.717) is 19.8 Å². The summed E-state index contributed by atoms with van der Waals surface area (Å²) in [6.07, 6.45) is 5.04. The molecule has 0 aromatic heterocycles. The summed E-state index contributed by atoms with van der Waals surface area (Å²) >= 11 is 0. The van der Waals surface area contributed by atoms with Crippen LogP contribution in [-0.2, 0) is 11.2 Å². The van der Waals surface area contributed by atoms with Gasteiger partial charge in [-0.15, -0.1) is 0 Å². The lowest BCUT2D eigenvalue weighted by atomic mass is 9.85. The van der Waals surface area contributed by atoms with Crippen LogP contribution < -0.4 is 14.8 Å². The van der Waals surface area contributed by atoms with Crippen LogP contribution in [0.2, 0.25) is 0 Å². The predicted octanol–water partition coefficient (Wildman–Crippen LogP) is 2.31. The first-order chi connectivity index (χ1) is 9.83. The Bertz CT molecular complexity index is 483. The van der Waals surface area contributed by atoms with Gasteiger partial charge in [-0.2, -0.15) is 0 Å². The second kappa shape index (κ2) is 6.16. The van der Waals surface area contributed by atoms with Crippen LogP contribution in [0.3, 0.4) is 0 Å². The van der Waals surface area contributed by atoms with Gasteiger partial charge in [-0.05, 0) is 37.0 Å². The molecule has 3 rings (SSSR count). The van der Waals surface area contributed by atoms with Gasteiger partial charge in [0, 0.05) is 18.9 Å². The molecule has 1 aromatic carbocycles. The highest BCUT2D eigenvalue weighted by molar-refractivity contribution is 5.79. The van der Waals surface area contributed by atoms with Crippen molar-refractivity contribution in [2.45, 2.75) is 32.1 Å². The zero-order chi connectivity index (χ0) is 13.8. The molecule has 1 amide bonds. The van der Waals surface area contributed by atoms with E-state index < -0.39 is 0 Å². The lowest BCUT2D eigenvalue weighted by Crippen LogP contribution is -2.35. The number of hydrogen-bond acceptors (Lipinski definition) is 3. The number of fused-ring (bicyclic) bond motifs is 1. The highest BCUT2D eigenvalue weighted by atomic mass is 16.5. The minimum atomic E-state index is 0.214. The van der Waals surface area contributed by atoms with Crippen molar-refractivity contribution in [1.29, 1.82) is 0 Å². The minimum Gasteiger partial charge on any atom is -0.490 e. The fraction of sp³-hybridized carbons (Fsp3) is 0.562. The Morgan fingerprint density at radius 3 is 2.70 bits per heavy atom. The van der Waals surface area contributed by atoms with Gasteiger partial charge in [0.15, 0.2) is 11.5 Å². The first-order valence-corrected chi connectivity index (χ1v) is 7.49. The number of nitrogens with one attached hydrogen (secondary N) is 1.